The number of nitrogens with zero attached hydrogens (tertiary/aromatic N) is 5. The van der Waals surface area contributed by atoms with Gasteiger partial charge in [0.1, 0.15) is 16.9 Å². The molecule has 1 amide bonds. The summed E-state index contributed by atoms with van der Waals surface area (Å²) < 4.78 is 4.84. The highest BCUT2D eigenvalue weighted by molar-refractivity contribution is 5.94. The Hall–Kier alpha value is -4.46. The number of anilines is 1. The van der Waals surface area contributed by atoms with E-state index in [1.807, 2.05) is 83.7 Å². The lowest BCUT2D eigenvalue weighted by atomic mass is 10.1. The molecule has 0 radical (unpaired) electrons. The van der Waals surface area contributed by atoms with E-state index in [-0.39, 0.29) is 11.5 Å². The number of amides is 1. The molecule has 2 aromatic carbocycles. The lowest BCUT2D eigenvalue weighted by molar-refractivity contribution is -0.119. The minimum absolute atomic E-state index is 0.319. The van der Waals surface area contributed by atoms with Crippen LogP contribution in [0, 0.1) is 6.92 Å². The molecule has 0 unspecified atom stereocenters. The van der Waals surface area contributed by atoms with Gasteiger partial charge in [-0.3, -0.25) is 9.59 Å². The van der Waals surface area contributed by atoms with Crippen LogP contribution in [0.4, 0.5) is 5.69 Å². The normalized spacial score (nSPS) is 12.1. The van der Waals surface area contributed by atoms with Gasteiger partial charge in [0, 0.05) is 18.1 Å². The standard InChI is InChI=1S/C27H26N6O2/c1-4-20-12-14-21(15-13-20)28-25(34)19(3)32-27(35)23-24(18(2)29-32)30-33(22-10-6-5-7-11-22)26(23)31-16-8-9-17-31/h5-17,19H,4H2,1-3H3,(H,28,34)/t19-/m1/s1. The summed E-state index contributed by atoms with van der Waals surface area (Å²) in [5.74, 6) is 0.281. The molecule has 0 aliphatic heterocycles. The van der Waals surface area contributed by atoms with Gasteiger partial charge in [-0.05, 0) is 62.2 Å². The molecule has 0 saturated carbocycles. The third-order valence-corrected chi connectivity index (χ3v) is 6.11. The van der Waals surface area contributed by atoms with Crippen molar-refractivity contribution in [1.82, 2.24) is 24.1 Å². The average molecular weight is 467 g/mol. The van der Waals surface area contributed by atoms with Crippen molar-refractivity contribution in [2.45, 2.75) is 33.2 Å². The van der Waals surface area contributed by atoms with Gasteiger partial charge in [-0.15, -0.1) is 0 Å². The van der Waals surface area contributed by atoms with E-state index in [2.05, 4.69) is 17.3 Å². The highest BCUT2D eigenvalue weighted by Crippen LogP contribution is 2.25. The summed E-state index contributed by atoms with van der Waals surface area (Å²) in [7, 11) is 0. The smallest absolute Gasteiger partial charge is 0.280 e. The van der Waals surface area contributed by atoms with Crippen molar-refractivity contribution in [3.63, 3.8) is 0 Å². The van der Waals surface area contributed by atoms with Crippen molar-refractivity contribution < 1.29 is 4.79 Å². The minimum Gasteiger partial charge on any atom is -0.324 e. The van der Waals surface area contributed by atoms with Crippen LogP contribution in [0.1, 0.15) is 31.1 Å². The van der Waals surface area contributed by atoms with Gasteiger partial charge in [0.25, 0.3) is 5.56 Å². The molecule has 3 heterocycles. The van der Waals surface area contributed by atoms with Crippen LogP contribution in [0.5, 0.6) is 0 Å². The lowest BCUT2D eigenvalue weighted by Crippen LogP contribution is -2.34. The molecule has 35 heavy (non-hydrogen) atoms. The van der Waals surface area contributed by atoms with E-state index < -0.39 is 6.04 Å². The lowest BCUT2D eigenvalue weighted by Gasteiger charge is -2.15. The number of hydrogen-bond acceptors (Lipinski definition) is 4. The highest BCUT2D eigenvalue weighted by atomic mass is 16.2. The first-order chi connectivity index (χ1) is 17.0. The van der Waals surface area contributed by atoms with E-state index in [1.165, 1.54) is 10.2 Å². The summed E-state index contributed by atoms with van der Waals surface area (Å²) in [5, 5.41) is 12.5. The van der Waals surface area contributed by atoms with Crippen molar-refractivity contribution in [2.75, 3.05) is 5.32 Å². The quantitative estimate of drug-likeness (QED) is 0.401. The number of nitrogens with one attached hydrogen (secondary N) is 1. The number of para-hydroxylation sites is 1. The Morgan fingerprint density at radius 3 is 2.31 bits per heavy atom. The van der Waals surface area contributed by atoms with Crippen LogP contribution >= 0.6 is 0 Å². The molecule has 1 N–H and O–H groups in total. The summed E-state index contributed by atoms with van der Waals surface area (Å²) in [5.41, 5.74) is 3.37. The molecular formula is C27H26N6O2. The minimum atomic E-state index is -0.825. The van der Waals surface area contributed by atoms with Crippen molar-refractivity contribution >= 4 is 22.5 Å². The monoisotopic (exact) mass is 466 g/mol. The number of aryl methyl sites for hydroxylation is 2. The molecule has 0 aliphatic carbocycles. The molecule has 8 nitrogen and oxygen atoms in total. The van der Waals surface area contributed by atoms with Gasteiger partial charge >= 0.3 is 0 Å². The molecule has 5 rings (SSSR count). The predicted octanol–water partition coefficient (Wildman–Crippen LogP) is 4.44. The van der Waals surface area contributed by atoms with E-state index in [0.717, 1.165) is 12.1 Å². The van der Waals surface area contributed by atoms with Crippen LogP contribution in [0.3, 0.4) is 0 Å². The van der Waals surface area contributed by atoms with Crippen LogP contribution < -0.4 is 10.9 Å². The second kappa shape index (κ2) is 9.06. The zero-order chi connectivity index (χ0) is 24.5. The summed E-state index contributed by atoms with van der Waals surface area (Å²) in [6.45, 7) is 5.55. The Morgan fingerprint density at radius 2 is 1.66 bits per heavy atom. The second-order valence-electron chi connectivity index (χ2n) is 8.44. The third-order valence-electron chi connectivity index (χ3n) is 6.11. The Bertz CT molecular complexity index is 1550. The Morgan fingerprint density at radius 1 is 0.971 bits per heavy atom. The van der Waals surface area contributed by atoms with Gasteiger partial charge in [-0.25, -0.2) is 9.36 Å². The van der Waals surface area contributed by atoms with Crippen molar-refractivity contribution in [2.24, 2.45) is 0 Å². The molecule has 0 fully saturated rings. The summed E-state index contributed by atoms with van der Waals surface area (Å²) >= 11 is 0. The summed E-state index contributed by atoms with van der Waals surface area (Å²) in [4.78, 5) is 26.8. The van der Waals surface area contributed by atoms with Gasteiger partial charge in [0.05, 0.1) is 11.4 Å². The zero-order valence-corrected chi connectivity index (χ0v) is 19.8. The van der Waals surface area contributed by atoms with Gasteiger partial charge in [0.2, 0.25) is 5.91 Å². The molecule has 8 heteroatoms. The first-order valence-corrected chi connectivity index (χ1v) is 11.6. The fourth-order valence-corrected chi connectivity index (χ4v) is 4.14. The summed E-state index contributed by atoms with van der Waals surface area (Å²) in [6.07, 6.45) is 4.65. The first-order valence-electron chi connectivity index (χ1n) is 11.6. The molecule has 0 saturated heterocycles. The zero-order valence-electron chi connectivity index (χ0n) is 19.8. The molecule has 5 aromatic rings. The van der Waals surface area contributed by atoms with Gasteiger partial charge < -0.3 is 9.88 Å². The number of carbonyl (C=O) groups excluding carboxylic acids is 1. The molecule has 176 valence electrons. The van der Waals surface area contributed by atoms with Crippen molar-refractivity contribution in [3.8, 4) is 11.5 Å². The SMILES string of the molecule is CCc1ccc(NC(=O)[C@@H](C)n2nc(C)c3nn(-c4ccccc4)c(-n4cccc4)c3c2=O)cc1. The fourth-order valence-electron chi connectivity index (χ4n) is 4.14. The topological polar surface area (TPSA) is 86.7 Å². The van der Waals surface area contributed by atoms with Gasteiger partial charge in [0.15, 0.2) is 5.82 Å². The van der Waals surface area contributed by atoms with Crippen molar-refractivity contribution in [1.29, 1.82) is 0 Å². The number of carbonyl (C=O) groups is 1. The van der Waals surface area contributed by atoms with Crippen LogP contribution in [0.25, 0.3) is 22.4 Å². The van der Waals surface area contributed by atoms with E-state index in [4.69, 9.17) is 5.10 Å². The molecule has 0 aliphatic rings. The number of benzene rings is 2. The van der Waals surface area contributed by atoms with E-state index in [1.54, 1.807) is 18.5 Å². The highest BCUT2D eigenvalue weighted by Gasteiger charge is 2.25. The Balaban J connectivity index is 1.62. The number of rotatable bonds is 6. The van der Waals surface area contributed by atoms with E-state index in [0.29, 0.717) is 28.1 Å². The van der Waals surface area contributed by atoms with Crippen LogP contribution in [-0.4, -0.2) is 30.0 Å². The third kappa shape index (κ3) is 4.03. The Labute approximate surface area is 202 Å². The predicted molar refractivity (Wildman–Crippen MR) is 136 cm³/mol. The van der Waals surface area contributed by atoms with E-state index >= 15 is 0 Å². The van der Waals surface area contributed by atoms with Gasteiger partial charge in [-0.2, -0.15) is 10.2 Å². The number of hydrogen-bond donors (Lipinski definition) is 1. The molecular weight excluding hydrogens is 440 g/mol. The maximum atomic E-state index is 13.8. The first kappa shape index (κ1) is 22.3. The molecule has 3 aromatic heterocycles. The molecule has 1 atom stereocenters. The van der Waals surface area contributed by atoms with Crippen LogP contribution in [-0.2, 0) is 11.2 Å². The molecule has 0 spiro atoms. The van der Waals surface area contributed by atoms with Crippen LogP contribution in [0.2, 0.25) is 0 Å². The van der Waals surface area contributed by atoms with Gasteiger partial charge in [-0.1, -0.05) is 37.3 Å². The fraction of sp³-hybridized carbons (Fsp3) is 0.185. The number of fused-ring (bicyclic) bond motifs is 1. The maximum Gasteiger partial charge on any atom is 0.280 e. The largest absolute Gasteiger partial charge is 0.324 e. The Kier molecular flexibility index (Phi) is 5.78. The molecule has 0 bridgehead atoms. The van der Waals surface area contributed by atoms with Crippen molar-refractivity contribution in [3.05, 3.63) is 101 Å². The average Bonchev–Trinajstić information content (AvgIpc) is 3.55. The summed E-state index contributed by atoms with van der Waals surface area (Å²) in [6, 6.07) is 20.3. The number of aromatic nitrogens is 5. The van der Waals surface area contributed by atoms with E-state index in [9.17, 15) is 9.59 Å². The van der Waals surface area contributed by atoms with Crippen LogP contribution in [0.15, 0.2) is 83.9 Å². The maximum absolute atomic E-state index is 13.8. The second-order valence-corrected chi connectivity index (χ2v) is 8.44.